The highest BCUT2D eigenvalue weighted by atomic mass is 32.1. The quantitative estimate of drug-likeness (QED) is 0.386. The Morgan fingerprint density at radius 2 is 1.87 bits per heavy atom. The minimum Gasteiger partial charge on any atom is -0.462 e. The maximum atomic E-state index is 13.0. The normalized spacial score (nSPS) is 10.9. The van der Waals surface area contributed by atoms with Gasteiger partial charge in [0.2, 0.25) is 0 Å². The number of fused-ring (bicyclic) bond motifs is 3. The fraction of sp³-hybridized carbons (Fsp3) is 0.143. The van der Waals surface area contributed by atoms with Crippen LogP contribution >= 0.6 is 12.2 Å². The van der Waals surface area contributed by atoms with Crippen LogP contribution in [0.3, 0.4) is 0 Å². The second-order valence-corrected chi connectivity index (χ2v) is 6.96. The number of para-hydroxylation sites is 1. The van der Waals surface area contributed by atoms with Crippen molar-refractivity contribution in [3.8, 4) is 0 Å². The second kappa shape index (κ2) is 7.96. The number of rotatable bonds is 4. The molecule has 0 fully saturated rings. The van der Waals surface area contributed by atoms with Crippen LogP contribution in [0.4, 0.5) is 11.4 Å². The molecule has 0 saturated carbocycles. The zero-order valence-corrected chi connectivity index (χ0v) is 17.2. The van der Waals surface area contributed by atoms with Crippen LogP contribution < -0.4 is 16.2 Å². The first-order chi connectivity index (χ1) is 14.5. The summed E-state index contributed by atoms with van der Waals surface area (Å²) in [6.07, 6.45) is 1.41. The molecular formula is C21H19N5O3S. The number of carbonyl (C=O) groups is 1. The molecule has 2 aromatic carbocycles. The van der Waals surface area contributed by atoms with Gasteiger partial charge in [0.25, 0.3) is 5.56 Å². The summed E-state index contributed by atoms with van der Waals surface area (Å²) in [6, 6.07) is 14.8. The molecule has 0 saturated heterocycles. The van der Waals surface area contributed by atoms with E-state index in [0.717, 1.165) is 5.69 Å². The highest BCUT2D eigenvalue weighted by Gasteiger charge is 2.19. The first kappa shape index (κ1) is 19.6. The Bertz CT molecular complexity index is 1330. The molecule has 0 radical (unpaired) electrons. The zero-order chi connectivity index (χ0) is 21.3. The van der Waals surface area contributed by atoms with Gasteiger partial charge in [-0.15, -0.1) is 0 Å². The van der Waals surface area contributed by atoms with Gasteiger partial charge >= 0.3 is 5.97 Å². The van der Waals surface area contributed by atoms with Gasteiger partial charge in [0.15, 0.2) is 10.8 Å². The average Bonchev–Trinajstić information content (AvgIpc) is 3.18. The lowest BCUT2D eigenvalue weighted by Gasteiger charge is -2.12. The lowest BCUT2D eigenvalue weighted by molar-refractivity contribution is 0.0528. The van der Waals surface area contributed by atoms with Gasteiger partial charge in [-0.3, -0.25) is 9.36 Å². The molecule has 0 aliphatic heterocycles. The predicted molar refractivity (Wildman–Crippen MR) is 120 cm³/mol. The van der Waals surface area contributed by atoms with Crippen molar-refractivity contribution in [2.24, 2.45) is 7.05 Å². The summed E-state index contributed by atoms with van der Waals surface area (Å²) < 4.78 is 8.03. The van der Waals surface area contributed by atoms with Gasteiger partial charge in [-0.25, -0.2) is 9.31 Å². The van der Waals surface area contributed by atoms with E-state index in [4.69, 9.17) is 17.0 Å². The third-order valence-corrected chi connectivity index (χ3v) is 4.81. The number of esters is 1. The van der Waals surface area contributed by atoms with Gasteiger partial charge in [-0.05, 0) is 49.5 Å². The fourth-order valence-corrected chi connectivity index (χ4v) is 3.49. The van der Waals surface area contributed by atoms with E-state index in [-0.39, 0.29) is 17.7 Å². The SMILES string of the molecule is CCOC(=O)c1cnn2c3ccc(NC(=S)Nc4ccccc4)cc3c(=O)n(C)c12. The third kappa shape index (κ3) is 3.50. The lowest BCUT2D eigenvalue weighted by atomic mass is 10.2. The first-order valence-electron chi connectivity index (χ1n) is 9.30. The summed E-state index contributed by atoms with van der Waals surface area (Å²) >= 11 is 5.36. The lowest BCUT2D eigenvalue weighted by Crippen LogP contribution is -2.22. The Morgan fingerprint density at radius 1 is 1.13 bits per heavy atom. The van der Waals surface area contributed by atoms with Crippen LogP contribution in [-0.4, -0.2) is 31.9 Å². The Kier molecular flexibility index (Phi) is 5.20. The first-order valence-corrected chi connectivity index (χ1v) is 9.71. The summed E-state index contributed by atoms with van der Waals surface area (Å²) in [6.45, 7) is 1.97. The highest BCUT2D eigenvalue weighted by molar-refractivity contribution is 7.80. The Balaban J connectivity index is 1.72. The van der Waals surface area contributed by atoms with Crippen LogP contribution in [0.1, 0.15) is 17.3 Å². The van der Waals surface area contributed by atoms with Gasteiger partial charge in [-0.1, -0.05) is 18.2 Å². The van der Waals surface area contributed by atoms with E-state index >= 15 is 0 Å². The van der Waals surface area contributed by atoms with E-state index in [9.17, 15) is 9.59 Å². The summed E-state index contributed by atoms with van der Waals surface area (Å²) in [7, 11) is 1.60. The molecule has 8 nitrogen and oxygen atoms in total. The molecule has 9 heteroatoms. The van der Waals surface area contributed by atoms with Crippen molar-refractivity contribution in [1.29, 1.82) is 0 Å². The molecule has 4 rings (SSSR count). The van der Waals surface area contributed by atoms with Crippen LogP contribution in [-0.2, 0) is 11.8 Å². The van der Waals surface area contributed by atoms with Crippen LogP contribution in [0, 0.1) is 0 Å². The van der Waals surface area contributed by atoms with E-state index in [1.165, 1.54) is 10.8 Å². The summed E-state index contributed by atoms with van der Waals surface area (Å²) in [5.41, 5.74) is 2.47. The number of nitrogens with one attached hydrogen (secondary N) is 2. The highest BCUT2D eigenvalue weighted by Crippen LogP contribution is 2.20. The molecular weight excluding hydrogens is 402 g/mol. The standard InChI is InChI=1S/C21H19N5O3S/c1-3-29-20(28)16-12-22-26-17-10-9-14(11-15(17)19(27)25(2)18(16)26)24-21(30)23-13-7-5-4-6-8-13/h4-12H,3H2,1-2H3,(H2,23,24,30). The van der Waals surface area contributed by atoms with Gasteiger partial charge in [0.05, 0.1) is 23.7 Å². The maximum Gasteiger partial charge on any atom is 0.343 e. The van der Waals surface area contributed by atoms with Crippen LogP contribution in [0.2, 0.25) is 0 Å². The number of nitrogens with zero attached hydrogens (tertiary/aromatic N) is 3. The maximum absolute atomic E-state index is 13.0. The minimum absolute atomic E-state index is 0.240. The molecule has 2 N–H and O–H groups in total. The molecule has 0 atom stereocenters. The zero-order valence-electron chi connectivity index (χ0n) is 16.4. The number of thiocarbonyl (C=S) groups is 1. The molecule has 0 aliphatic rings. The van der Waals surface area contributed by atoms with E-state index in [2.05, 4.69) is 15.7 Å². The van der Waals surface area contributed by atoms with Crippen LogP contribution in [0.5, 0.6) is 0 Å². The largest absolute Gasteiger partial charge is 0.462 e. The molecule has 2 aromatic heterocycles. The summed E-state index contributed by atoms with van der Waals surface area (Å²) in [5.74, 6) is -0.516. The molecule has 0 aliphatic carbocycles. The topological polar surface area (TPSA) is 89.7 Å². The molecule has 30 heavy (non-hydrogen) atoms. The number of aromatic nitrogens is 3. The summed E-state index contributed by atoms with van der Waals surface area (Å²) in [5, 5.41) is 11.3. The van der Waals surface area contributed by atoms with Gasteiger partial charge in [0.1, 0.15) is 5.56 Å². The fourth-order valence-electron chi connectivity index (χ4n) is 3.26. The second-order valence-electron chi connectivity index (χ2n) is 6.56. The molecule has 152 valence electrons. The number of carbonyl (C=O) groups excluding carboxylic acids is 1. The minimum atomic E-state index is -0.516. The van der Waals surface area contributed by atoms with Gasteiger partial charge in [0, 0.05) is 18.4 Å². The smallest absolute Gasteiger partial charge is 0.343 e. The molecule has 0 spiro atoms. The monoisotopic (exact) mass is 421 g/mol. The number of hydrogen-bond acceptors (Lipinski definition) is 5. The predicted octanol–water partition coefficient (Wildman–Crippen LogP) is 3.17. The average molecular weight is 421 g/mol. The number of hydrogen-bond donors (Lipinski definition) is 2. The third-order valence-electron chi connectivity index (χ3n) is 4.61. The number of benzene rings is 2. The molecule has 0 bridgehead atoms. The van der Waals surface area contributed by atoms with Crippen molar-refractivity contribution in [3.05, 3.63) is 70.6 Å². The molecule has 0 unspecified atom stereocenters. The van der Waals surface area contributed by atoms with Crippen molar-refractivity contribution >= 4 is 51.2 Å². The molecule has 4 aromatic rings. The van der Waals surface area contributed by atoms with E-state index in [0.29, 0.717) is 27.3 Å². The van der Waals surface area contributed by atoms with Crippen molar-refractivity contribution in [2.75, 3.05) is 17.2 Å². The molecule has 0 amide bonds. The molecule has 2 heterocycles. The van der Waals surface area contributed by atoms with Crippen LogP contribution in [0.15, 0.2) is 59.5 Å². The number of anilines is 2. The van der Waals surface area contributed by atoms with Crippen molar-refractivity contribution < 1.29 is 9.53 Å². The number of ether oxygens (including phenoxy) is 1. The van der Waals surface area contributed by atoms with Gasteiger partial charge in [-0.2, -0.15) is 5.10 Å². The Hall–Kier alpha value is -3.72. The van der Waals surface area contributed by atoms with Crippen molar-refractivity contribution in [1.82, 2.24) is 14.2 Å². The number of aryl methyl sites for hydroxylation is 1. The van der Waals surface area contributed by atoms with Crippen molar-refractivity contribution in [2.45, 2.75) is 6.92 Å². The summed E-state index contributed by atoms with van der Waals surface area (Å²) in [4.78, 5) is 25.2. The van der Waals surface area contributed by atoms with Gasteiger partial charge < -0.3 is 15.4 Å². The van der Waals surface area contributed by atoms with E-state index in [1.807, 2.05) is 30.3 Å². The Morgan fingerprint density at radius 3 is 2.60 bits per heavy atom. The van der Waals surface area contributed by atoms with E-state index < -0.39 is 5.97 Å². The van der Waals surface area contributed by atoms with Crippen molar-refractivity contribution in [3.63, 3.8) is 0 Å². The van der Waals surface area contributed by atoms with E-state index in [1.54, 1.807) is 36.7 Å². The Labute approximate surface area is 177 Å². The van der Waals surface area contributed by atoms with Crippen LogP contribution in [0.25, 0.3) is 16.6 Å².